The monoisotopic (exact) mass is 262 g/mol. The number of benzene rings is 1. The van der Waals surface area contributed by atoms with E-state index in [2.05, 4.69) is 52.2 Å². The largest absolute Gasteiger partial charge is 0.384 e. The summed E-state index contributed by atoms with van der Waals surface area (Å²) in [6.45, 7) is 1.51. The third kappa shape index (κ3) is 3.07. The van der Waals surface area contributed by atoms with Crippen LogP contribution < -0.4 is 11.1 Å². The Hall–Kier alpha value is -0.290. The molecule has 60 valence electrons. The SMILES string of the molecule is NCCNc1ccc(I)cc1. The molecular formula is C8H11IN2. The Morgan fingerprint density at radius 2 is 1.91 bits per heavy atom. The predicted octanol–water partition coefficient (Wildman–Crippen LogP) is 1.66. The summed E-state index contributed by atoms with van der Waals surface area (Å²) in [6.07, 6.45) is 0. The van der Waals surface area contributed by atoms with Crippen molar-refractivity contribution in [3.63, 3.8) is 0 Å². The zero-order valence-electron chi connectivity index (χ0n) is 6.18. The fourth-order valence-electron chi connectivity index (χ4n) is 0.784. The molecule has 11 heavy (non-hydrogen) atoms. The summed E-state index contributed by atoms with van der Waals surface area (Å²) >= 11 is 2.28. The van der Waals surface area contributed by atoms with Gasteiger partial charge in [-0.05, 0) is 46.9 Å². The van der Waals surface area contributed by atoms with Gasteiger partial charge in [0.1, 0.15) is 0 Å². The molecule has 0 fully saturated rings. The highest BCUT2D eigenvalue weighted by atomic mass is 127. The van der Waals surface area contributed by atoms with Gasteiger partial charge in [0.2, 0.25) is 0 Å². The maximum Gasteiger partial charge on any atom is 0.0341 e. The highest BCUT2D eigenvalue weighted by Crippen LogP contribution is 2.10. The van der Waals surface area contributed by atoms with Gasteiger partial charge in [0.25, 0.3) is 0 Å². The molecule has 0 radical (unpaired) electrons. The molecule has 0 aromatic heterocycles. The minimum Gasteiger partial charge on any atom is -0.384 e. The predicted molar refractivity (Wildman–Crippen MR) is 56.7 cm³/mol. The van der Waals surface area contributed by atoms with Crippen molar-refractivity contribution in [3.05, 3.63) is 27.8 Å². The number of hydrogen-bond acceptors (Lipinski definition) is 2. The van der Waals surface area contributed by atoms with Gasteiger partial charge in [0, 0.05) is 22.3 Å². The molecule has 2 nitrogen and oxygen atoms in total. The normalized spacial score (nSPS) is 9.64. The minimum absolute atomic E-state index is 0.673. The lowest BCUT2D eigenvalue weighted by molar-refractivity contribution is 1.02. The molecule has 3 heteroatoms. The number of halogens is 1. The van der Waals surface area contributed by atoms with Crippen LogP contribution in [0.25, 0.3) is 0 Å². The summed E-state index contributed by atoms with van der Waals surface area (Å²) in [4.78, 5) is 0. The molecule has 1 aromatic carbocycles. The Morgan fingerprint density at radius 1 is 1.27 bits per heavy atom. The van der Waals surface area contributed by atoms with Gasteiger partial charge < -0.3 is 11.1 Å². The van der Waals surface area contributed by atoms with Crippen LogP contribution in [0.3, 0.4) is 0 Å². The number of nitrogens with two attached hydrogens (primary N) is 1. The van der Waals surface area contributed by atoms with Gasteiger partial charge in [-0.2, -0.15) is 0 Å². The van der Waals surface area contributed by atoms with Gasteiger partial charge in [-0.15, -0.1) is 0 Å². The second-order valence-electron chi connectivity index (χ2n) is 2.22. The van der Waals surface area contributed by atoms with Crippen LogP contribution in [0.5, 0.6) is 0 Å². The Morgan fingerprint density at radius 3 is 2.45 bits per heavy atom. The highest BCUT2D eigenvalue weighted by Gasteiger charge is 1.88. The van der Waals surface area contributed by atoms with E-state index in [1.807, 2.05) is 0 Å². The van der Waals surface area contributed by atoms with Crippen molar-refractivity contribution < 1.29 is 0 Å². The van der Waals surface area contributed by atoms with Crippen molar-refractivity contribution in [1.29, 1.82) is 0 Å². The molecule has 0 bridgehead atoms. The standard InChI is InChI=1S/C8H11IN2/c9-7-1-3-8(4-2-7)11-6-5-10/h1-4,11H,5-6,10H2. The fourth-order valence-corrected chi connectivity index (χ4v) is 1.14. The maximum absolute atomic E-state index is 5.34. The zero-order valence-corrected chi connectivity index (χ0v) is 8.34. The maximum atomic E-state index is 5.34. The van der Waals surface area contributed by atoms with E-state index in [4.69, 9.17) is 5.73 Å². The van der Waals surface area contributed by atoms with Gasteiger partial charge in [-0.3, -0.25) is 0 Å². The molecule has 0 saturated carbocycles. The molecule has 0 saturated heterocycles. The summed E-state index contributed by atoms with van der Waals surface area (Å²) in [7, 11) is 0. The molecular weight excluding hydrogens is 251 g/mol. The van der Waals surface area contributed by atoms with E-state index in [1.165, 1.54) is 3.57 Å². The summed E-state index contributed by atoms with van der Waals surface area (Å²) < 4.78 is 1.25. The zero-order chi connectivity index (χ0) is 8.10. The van der Waals surface area contributed by atoms with Crippen molar-refractivity contribution in [3.8, 4) is 0 Å². The quantitative estimate of drug-likeness (QED) is 0.813. The third-order valence-corrected chi connectivity index (χ3v) is 2.04. The first-order valence-electron chi connectivity index (χ1n) is 3.52. The number of nitrogens with one attached hydrogen (secondary N) is 1. The molecule has 3 N–H and O–H groups in total. The van der Waals surface area contributed by atoms with E-state index in [1.54, 1.807) is 0 Å². The van der Waals surface area contributed by atoms with Crippen molar-refractivity contribution in [2.75, 3.05) is 18.4 Å². The van der Waals surface area contributed by atoms with E-state index in [0.29, 0.717) is 6.54 Å². The van der Waals surface area contributed by atoms with E-state index < -0.39 is 0 Å². The lowest BCUT2D eigenvalue weighted by atomic mass is 10.3. The first-order chi connectivity index (χ1) is 5.33. The second-order valence-corrected chi connectivity index (χ2v) is 3.47. The van der Waals surface area contributed by atoms with Crippen LogP contribution in [-0.4, -0.2) is 13.1 Å². The van der Waals surface area contributed by atoms with Gasteiger partial charge in [0.15, 0.2) is 0 Å². The average molecular weight is 262 g/mol. The van der Waals surface area contributed by atoms with E-state index in [9.17, 15) is 0 Å². The number of hydrogen-bond donors (Lipinski definition) is 2. The Labute approximate surface area is 80.3 Å². The Kier molecular flexibility index (Phi) is 3.65. The summed E-state index contributed by atoms with van der Waals surface area (Å²) in [5.41, 5.74) is 6.48. The van der Waals surface area contributed by atoms with Crippen LogP contribution in [0.2, 0.25) is 0 Å². The molecule has 0 aliphatic rings. The van der Waals surface area contributed by atoms with Crippen molar-refractivity contribution in [2.24, 2.45) is 5.73 Å². The smallest absolute Gasteiger partial charge is 0.0341 e. The van der Waals surface area contributed by atoms with Crippen molar-refractivity contribution in [2.45, 2.75) is 0 Å². The van der Waals surface area contributed by atoms with Crippen molar-refractivity contribution in [1.82, 2.24) is 0 Å². The third-order valence-electron chi connectivity index (χ3n) is 1.32. The van der Waals surface area contributed by atoms with Gasteiger partial charge >= 0.3 is 0 Å². The molecule has 0 amide bonds. The van der Waals surface area contributed by atoms with E-state index in [0.717, 1.165) is 12.2 Å². The van der Waals surface area contributed by atoms with E-state index >= 15 is 0 Å². The van der Waals surface area contributed by atoms with Crippen LogP contribution in [0, 0.1) is 3.57 Å². The van der Waals surface area contributed by atoms with Crippen LogP contribution >= 0.6 is 22.6 Å². The molecule has 0 heterocycles. The molecule has 1 aromatic rings. The van der Waals surface area contributed by atoms with Crippen LogP contribution in [0.1, 0.15) is 0 Å². The molecule has 0 aliphatic carbocycles. The lowest BCUT2D eigenvalue weighted by Gasteiger charge is -2.03. The highest BCUT2D eigenvalue weighted by molar-refractivity contribution is 14.1. The number of anilines is 1. The van der Waals surface area contributed by atoms with Gasteiger partial charge in [0.05, 0.1) is 0 Å². The lowest BCUT2D eigenvalue weighted by Crippen LogP contribution is -2.12. The molecule has 0 aliphatic heterocycles. The minimum atomic E-state index is 0.673. The van der Waals surface area contributed by atoms with Crippen LogP contribution in [0.4, 0.5) is 5.69 Å². The van der Waals surface area contributed by atoms with Crippen molar-refractivity contribution >= 4 is 28.3 Å². The second kappa shape index (κ2) is 4.56. The fraction of sp³-hybridized carbons (Fsp3) is 0.250. The number of rotatable bonds is 3. The van der Waals surface area contributed by atoms with Crippen LogP contribution in [-0.2, 0) is 0 Å². The topological polar surface area (TPSA) is 38.0 Å². The van der Waals surface area contributed by atoms with Gasteiger partial charge in [-0.25, -0.2) is 0 Å². The first kappa shape index (κ1) is 8.80. The average Bonchev–Trinajstić information content (AvgIpc) is 2.04. The summed E-state index contributed by atoms with van der Waals surface area (Å²) in [5.74, 6) is 0. The Bertz CT molecular complexity index is 208. The Balaban J connectivity index is 2.52. The summed E-state index contributed by atoms with van der Waals surface area (Å²) in [5, 5.41) is 3.19. The molecule has 0 spiro atoms. The van der Waals surface area contributed by atoms with E-state index in [-0.39, 0.29) is 0 Å². The first-order valence-corrected chi connectivity index (χ1v) is 4.60. The molecule has 1 rings (SSSR count). The molecule has 0 unspecified atom stereocenters. The van der Waals surface area contributed by atoms with Crippen LogP contribution in [0.15, 0.2) is 24.3 Å². The molecule has 0 atom stereocenters. The van der Waals surface area contributed by atoms with Gasteiger partial charge in [-0.1, -0.05) is 0 Å². The summed E-state index contributed by atoms with van der Waals surface area (Å²) in [6, 6.07) is 8.24.